The number of hydrogen-bond acceptors (Lipinski definition) is 4. The van der Waals surface area contributed by atoms with Crippen LogP contribution >= 0.6 is 11.3 Å². The van der Waals surface area contributed by atoms with Gasteiger partial charge in [0.2, 0.25) is 0 Å². The standard InChI is InChI=1S/C16H21N3OS/c17-14-6-4-5-13(11-14)15-12-21-16(20)19(15)10-9-18-7-2-1-3-8-18/h4-6,11-12H,1-3,7-10,17H2. The SMILES string of the molecule is Nc1cccc(-c2csc(=O)n2CCN2CCCCC2)c1. The zero-order valence-electron chi connectivity index (χ0n) is 12.1. The topological polar surface area (TPSA) is 51.3 Å². The Bertz CT molecular complexity index is 656. The fourth-order valence-electron chi connectivity index (χ4n) is 2.89. The van der Waals surface area contributed by atoms with Crippen LogP contribution in [0.1, 0.15) is 19.3 Å². The van der Waals surface area contributed by atoms with E-state index >= 15 is 0 Å². The van der Waals surface area contributed by atoms with Crippen LogP contribution in [0.15, 0.2) is 34.4 Å². The molecule has 0 amide bonds. The first-order valence-corrected chi connectivity index (χ1v) is 8.38. The van der Waals surface area contributed by atoms with E-state index < -0.39 is 0 Å². The number of anilines is 1. The van der Waals surface area contributed by atoms with Crippen LogP contribution in [-0.4, -0.2) is 29.1 Å². The van der Waals surface area contributed by atoms with Gasteiger partial charge in [-0.2, -0.15) is 0 Å². The van der Waals surface area contributed by atoms with E-state index in [9.17, 15) is 4.79 Å². The molecule has 1 aliphatic rings. The van der Waals surface area contributed by atoms with E-state index in [2.05, 4.69) is 4.90 Å². The Labute approximate surface area is 128 Å². The molecule has 1 aromatic heterocycles. The molecule has 2 heterocycles. The van der Waals surface area contributed by atoms with E-state index in [1.807, 2.05) is 34.2 Å². The van der Waals surface area contributed by atoms with Crippen molar-refractivity contribution in [1.29, 1.82) is 0 Å². The van der Waals surface area contributed by atoms with Gasteiger partial charge in [0, 0.05) is 29.7 Å². The molecule has 0 bridgehead atoms. The number of piperidine rings is 1. The molecule has 0 aliphatic carbocycles. The molecule has 2 N–H and O–H groups in total. The highest BCUT2D eigenvalue weighted by molar-refractivity contribution is 7.07. The van der Waals surface area contributed by atoms with Crippen LogP contribution in [0.3, 0.4) is 0 Å². The normalized spacial score (nSPS) is 16.2. The second kappa shape index (κ2) is 6.45. The summed E-state index contributed by atoms with van der Waals surface area (Å²) in [6, 6.07) is 7.74. The minimum atomic E-state index is 0.115. The highest BCUT2D eigenvalue weighted by Crippen LogP contribution is 2.22. The summed E-state index contributed by atoms with van der Waals surface area (Å²) in [5.41, 5.74) is 8.58. The lowest BCUT2D eigenvalue weighted by molar-refractivity contribution is 0.221. The van der Waals surface area contributed by atoms with Crippen molar-refractivity contribution in [3.05, 3.63) is 39.3 Å². The monoisotopic (exact) mass is 303 g/mol. The third-order valence-electron chi connectivity index (χ3n) is 4.05. The highest BCUT2D eigenvalue weighted by atomic mass is 32.1. The van der Waals surface area contributed by atoms with Gasteiger partial charge in [-0.1, -0.05) is 29.9 Å². The Morgan fingerprint density at radius 3 is 2.71 bits per heavy atom. The molecule has 4 nitrogen and oxygen atoms in total. The van der Waals surface area contributed by atoms with Crippen LogP contribution in [-0.2, 0) is 6.54 Å². The molecular weight excluding hydrogens is 282 g/mol. The molecule has 21 heavy (non-hydrogen) atoms. The van der Waals surface area contributed by atoms with Crippen LogP contribution in [0.5, 0.6) is 0 Å². The molecule has 0 unspecified atom stereocenters. The van der Waals surface area contributed by atoms with Gasteiger partial charge in [-0.3, -0.25) is 9.36 Å². The summed E-state index contributed by atoms with van der Waals surface area (Å²) in [4.78, 5) is 14.7. The molecule has 1 saturated heterocycles. The molecule has 1 aromatic carbocycles. The van der Waals surface area contributed by atoms with E-state index in [0.717, 1.165) is 43.1 Å². The zero-order chi connectivity index (χ0) is 14.7. The van der Waals surface area contributed by atoms with E-state index in [-0.39, 0.29) is 4.87 Å². The molecule has 112 valence electrons. The summed E-state index contributed by atoms with van der Waals surface area (Å²) in [6.45, 7) is 4.03. The fourth-order valence-corrected chi connectivity index (χ4v) is 3.68. The van der Waals surface area contributed by atoms with Gasteiger partial charge in [0.05, 0.1) is 5.69 Å². The number of aromatic nitrogens is 1. The van der Waals surface area contributed by atoms with Crippen LogP contribution in [0.25, 0.3) is 11.3 Å². The largest absolute Gasteiger partial charge is 0.399 e. The molecule has 5 heteroatoms. The lowest BCUT2D eigenvalue weighted by Crippen LogP contribution is -2.34. The summed E-state index contributed by atoms with van der Waals surface area (Å²) < 4.78 is 1.88. The van der Waals surface area contributed by atoms with Crippen molar-refractivity contribution < 1.29 is 0 Å². The summed E-state index contributed by atoms with van der Waals surface area (Å²) in [6.07, 6.45) is 3.89. The first kappa shape index (κ1) is 14.4. The van der Waals surface area contributed by atoms with Crippen LogP contribution in [0, 0.1) is 0 Å². The summed E-state index contributed by atoms with van der Waals surface area (Å²) in [5, 5.41) is 1.94. The second-order valence-electron chi connectivity index (χ2n) is 5.57. The average Bonchev–Trinajstić information content (AvgIpc) is 2.87. The van der Waals surface area contributed by atoms with E-state index in [1.54, 1.807) is 0 Å². The fraction of sp³-hybridized carbons (Fsp3) is 0.438. The molecule has 0 radical (unpaired) electrons. The Morgan fingerprint density at radius 1 is 1.14 bits per heavy atom. The van der Waals surface area contributed by atoms with Gasteiger partial charge in [0.15, 0.2) is 0 Å². The molecule has 1 fully saturated rings. The van der Waals surface area contributed by atoms with E-state index in [0.29, 0.717) is 0 Å². The molecule has 1 aliphatic heterocycles. The van der Waals surface area contributed by atoms with Crippen molar-refractivity contribution in [3.63, 3.8) is 0 Å². The van der Waals surface area contributed by atoms with Crippen LogP contribution < -0.4 is 10.6 Å². The number of benzene rings is 1. The molecule has 3 rings (SSSR count). The summed E-state index contributed by atoms with van der Waals surface area (Å²) in [7, 11) is 0. The zero-order valence-corrected chi connectivity index (χ0v) is 12.9. The minimum Gasteiger partial charge on any atom is -0.399 e. The molecule has 0 saturated carbocycles. The van der Waals surface area contributed by atoms with Gasteiger partial charge in [0.1, 0.15) is 0 Å². The van der Waals surface area contributed by atoms with E-state index in [4.69, 9.17) is 5.73 Å². The van der Waals surface area contributed by atoms with Gasteiger partial charge >= 0.3 is 4.87 Å². The highest BCUT2D eigenvalue weighted by Gasteiger charge is 2.13. The van der Waals surface area contributed by atoms with Crippen molar-refractivity contribution >= 4 is 17.0 Å². The lowest BCUT2D eigenvalue weighted by Gasteiger charge is -2.26. The van der Waals surface area contributed by atoms with Crippen LogP contribution in [0.4, 0.5) is 5.69 Å². The minimum absolute atomic E-state index is 0.115. The maximum atomic E-state index is 12.1. The maximum absolute atomic E-state index is 12.1. The number of hydrogen-bond donors (Lipinski definition) is 1. The lowest BCUT2D eigenvalue weighted by atomic mass is 10.1. The Balaban J connectivity index is 1.78. The van der Waals surface area contributed by atoms with Gasteiger partial charge < -0.3 is 10.6 Å². The molecule has 2 aromatic rings. The van der Waals surface area contributed by atoms with Crippen molar-refractivity contribution in [1.82, 2.24) is 9.47 Å². The van der Waals surface area contributed by atoms with Crippen molar-refractivity contribution in [2.45, 2.75) is 25.8 Å². The number of rotatable bonds is 4. The Kier molecular flexibility index (Phi) is 4.41. The van der Waals surface area contributed by atoms with Gasteiger partial charge in [-0.15, -0.1) is 0 Å². The van der Waals surface area contributed by atoms with E-state index in [1.165, 1.54) is 30.6 Å². The van der Waals surface area contributed by atoms with Gasteiger partial charge in [-0.25, -0.2) is 0 Å². The first-order chi connectivity index (χ1) is 10.2. The Morgan fingerprint density at radius 2 is 1.95 bits per heavy atom. The molecule has 0 spiro atoms. The number of nitrogens with zero attached hydrogens (tertiary/aromatic N) is 2. The first-order valence-electron chi connectivity index (χ1n) is 7.50. The third kappa shape index (κ3) is 3.36. The molecular formula is C16H21N3OS. The average molecular weight is 303 g/mol. The maximum Gasteiger partial charge on any atom is 0.307 e. The van der Waals surface area contributed by atoms with Gasteiger partial charge in [-0.05, 0) is 38.1 Å². The number of nitrogens with two attached hydrogens (primary N) is 1. The second-order valence-corrected chi connectivity index (χ2v) is 6.39. The van der Waals surface area contributed by atoms with Crippen molar-refractivity contribution in [2.24, 2.45) is 0 Å². The Hall–Kier alpha value is -1.59. The van der Waals surface area contributed by atoms with Crippen LogP contribution in [0.2, 0.25) is 0 Å². The smallest absolute Gasteiger partial charge is 0.307 e. The summed E-state index contributed by atoms with van der Waals surface area (Å²) >= 11 is 1.27. The predicted molar refractivity (Wildman–Crippen MR) is 88.7 cm³/mol. The molecule has 0 atom stereocenters. The van der Waals surface area contributed by atoms with Crippen molar-refractivity contribution in [3.8, 4) is 11.3 Å². The van der Waals surface area contributed by atoms with Crippen molar-refractivity contribution in [2.75, 3.05) is 25.4 Å². The quantitative estimate of drug-likeness (QED) is 0.884. The third-order valence-corrected chi connectivity index (χ3v) is 4.82. The van der Waals surface area contributed by atoms with Gasteiger partial charge in [0.25, 0.3) is 0 Å². The number of thiazole rings is 1. The number of likely N-dealkylation sites (tertiary alicyclic amines) is 1. The predicted octanol–water partition coefficient (Wildman–Crippen LogP) is 2.64. The summed E-state index contributed by atoms with van der Waals surface area (Å²) in [5.74, 6) is 0. The number of nitrogen functional groups attached to an aromatic ring is 1.